The van der Waals surface area contributed by atoms with Crippen LogP contribution in [0.15, 0.2) is 0 Å². The Hall–Kier alpha value is -1.50. The quantitative estimate of drug-likeness (QED) is 0.823. The SMILES string of the molecule is CC(C)CCn1nnnc1[C@@H](C(C)C)N1CCC(C(N)=O)CC1. The van der Waals surface area contributed by atoms with Gasteiger partial charge in [-0.15, -0.1) is 5.10 Å². The van der Waals surface area contributed by atoms with Gasteiger partial charge in [-0.1, -0.05) is 27.7 Å². The van der Waals surface area contributed by atoms with Crippen LogP contribution < -0.4 is 5.73 Å². The molecule has 0 radical (unpaired) electrons. The number of hydrogen-bond acceptors (Lipinski definition) is 5. The minimum atomic E-state index is -0.174. The lowest BCUT2D eigenvalue weighted by molar-refractivity contribution is -0.123. The van der Waals surface area contributed by atoms with Gasteiger partial charge in [0.2, 0.25) is 5.91 Å². The van der Waals surface area contributed by atoms with Crippen molar-refractivity contribution in [3.05, 3.63) is 5.82 Å². The highest BCUT2D eigenvalue weighted by atomic mass is 16.1. The fraction of sp³-hybridized carbons (Fsp3) is 0.875. The lowest BCUT2D eigenvalue weighted by Crippen LogP contribution is -2.42. The van der Waals surface area contributed by atoms with Crippen molar-refractivity contribution in [3.63, 3.8) is 0 Å². The zero-order valence-corrected chi connectivity index (χ0v) is 14.8. The summed E-state index contributed by atoms with van der Waals surface area (Å²) in [5.41, 5.74) is 5.44. The van der Waals surface area contributed by atoms with Crippen LogP contribution in [0.2, 0.25) is 0 Å². The molecule has 2 N–H and O–H groups in total. The maximum atomic E-state index is 11.4. The second-order valence-corrected chi connectivity index (χ2v) is 7.34. The Morgan fingerprint density at radius 1 is 1.26 bits per heavy atom. The molecule has 2 rings (SSSR count). The Bertz CT molecular complexity index is 504. The number of amides is 1. The molecule has 0 aromatic carbocycles. The topological polar surface area (TPSA) is 89.9 Å². The summed E-state index contributed by atoms with van der Waals surface area (Å²) in [5, 5.41) is 12.4. The summed E-state index contributed by atoms with van der Waals surface area (Å²) in [6.45, 7) is 11.4. The fourth-order valence-electron chi connectivity index (χ4n) is 3.31. The minimum absolute atomic E-state index is 0.0102. The van der Waals surface area contributed by atoms with Crippen LogP contribution in [0.25, 0.3) is 0 Å². The number of carbonyl (C=O) groups is 1. The van der Waals surface area contributed by atoms with E-state index in [4.69, 9.17) is 5.73 Å². The van der Waals surface area contributed by atoms with Crippen molar-refractivity contribution >= 4 is 5.91 Å². The predicted molar refractivity (Wildman–Crippen MR) is 88.3 cm³/mol. The van der Waals surface area contributed by atoms with Crippen LogP contribution in [0, 0.1) is 17.8 Å². The maximum Gasteiger partial charge on any atom is 0.220 e. The van der Waals surface area contributed by atoms with Gasteiger partial charge in [0.1, 0.15) is 0 Å². The minimum Gasteiger partial charge on any atom is -0.369 e. The van der Waals surface area contributed by atoms with Crippen molar-refractivity contribution < 1.29 is 4.79 Å². The first-order chi connectivity index (χ1) is 10.9. The highest BCUT2D eigenvalue weighted by Gasteiger charge is 2.33. The standard InChI is InChI=1S/C16H30N6O/c1-11(2)5-10-22-16(18-19-20-22)14(12(3)4)21-8-6-13(7-9-21)15(17)23/h11-14H,5-10H2,1-4H3,(H2,17,23)/t14-/m1/s1. The molecule has 1 atom stereocenters. The molecule has 7 heteroatoms. The number of nitrogens with zero attached hydrogens (tertiary/aromatic N) is 5. The Balaban J connectivity index is 2.11. The molecule has 1 fully saturated rings. The number of nitrogens with two attached hydrogens (primary N) is 1. The van der Waals surface area contributed by atoms with Gasteiger partial charge in [-0.05, 0) is 54.6 Å². The molecule has 0 aliphatic carbocycles. The second kappa shape index (κ2) is 7.86. The predicted octanol–water partition coefficient (Wildman–Crippen LogP) is 1.61. The lowest BCUT2D eigenvalue weighted by atomic mass is 9.92. The van der Waals surface area contributed by atoms with E-state index in [0.29, 0.717) is 11.8 Å². The van der Waals surface area contributed by atoms with Crippen LogP contribution in [0.4, 0.5) is 0 Å². The van der Waals surface area contributed by atoms with E-state index in [1.165, 1.54) is 0 Å². The van der Waals surface area contributed by atoms with E-state index in [1.54, 1.807) is 0 Å². The highest BCUT2D eigenvalue weighted by Crippen LogP contribution is 2.31. The summed E-state index contributed by atoms with van der Waals surface area (Å²) in [4.78, 5) is 13.8. The van der Waals surface area contributed by atoms with E-state index < -0.39 is 0 Å². The Morgan fingerprint density at radius 3 is 2.43 bits per heavy atom. The van der Waals surface area contributed by atoms with Gasteiger partial charge in [-0.2, -0.15) is 0 Å². The summed E-state index contributed by atoms with van der Waals surface area (Å²) >= 11 is 0. The molecule has 0 bridgehead atoms. The van der Waals surface area contributed by atoms with E-state index in [0.717, 1.165) is 44.7 Å². The normalized spacial score (nSPS) is 18.7. The van der Waals surface area contributed by atoms with Gasteiger partial charge in [0.05, 0.1) is 6.04 Å². The first kappa shape index (κ1) is 17.8. The second-order valence-electron chi connectivity index (χ2n) is 7.34. The molecule has 0 spiro atoms. The molecular weight excluding hydrogens is 292 g/mol. The number of rotatable bonds is 7. The third-order valence-electron chi connectivity index (χ3n) is 4.70. The number of primary amides is 1. The first-order valence-corrected chi connectivity index (χ1v) is 8.69. The maximum absolute atomic E-state index is 11.4. The molecule has 2 heterocycles. The van der Waals surface area contributed by atoms with Gasteiger partial charge in [0, 0.05) is 12.5 Å². The summed E-state index contributed by atoms with van der Waals surface area (Å²) < 4.78 is 1.95. The van der Waals surface area contributed by atoms with Crippen molar-refractivity contribution in [2.45, 2.75) is 59.5 Å². The van der Waals surface area contributed by atoms with Crippen molar-refractivity contribution in [1.82, 2.24) is 25.1 Å². The largest absolute Gasteiger partial charge is 0.369 e. The zero-order valence-electron chi connectivity index (χ0n) is 14.8. The first-order valence-electron chi connectivity index (χ1n) is 8.69. The van der Waals surface area contributed by atoms with E-state index in [1.807, 2.05) is 4.68 Å². The van der Waals surface area contributed by atoms with Gasteiger partial charge in [0.25, 0.3) is 0 Å². The molecule has 1 aliphatic heterocycles. The van der Waals surface area contributed by atoms with Gasteiger partial charge >= 0.3 is 0 Å². The number of aromatic nitrogens is 4. The van der Waals surface area contributed by atoms with Crippen molar-refractivity contribution in [1.29, 1.82) is 0 Å². The third-order valence-corrected chi connectivity index (χ3v) is 4.70. The molecule has 7 nitrogen and oxygen atoms in total. The van der Waals surface area contributed by atoms with Crippen LogP contribution in [-0.2, 0) is 11.3 Å². The smallest absolute Gasteiger partial charge is 0.220 e. The van der Waals surface area contributed by atoms with Crippen LogP contribution in [-0.4, -0.2) is 44.1 Å². The van der Waals surface area contributed by atoms with Crippen molar-refractivity contribution in [2.75, 3.05) is 13.1 Å². The van der Waals surface area contributed by atoms with Crippen molar-refractivity contribution in [2.24, 2.45) is 23.5 Å². The van der Waals surface area contributed by atoms with Gasteiger partial charge in [-0.25, -0.2) is 4.68 Å². The number of carbonyl (C=O) groups excluding carboxylic acids is 1. The average Bonchev–Trinajstić information content (AvgIpc) is 2.93. The number of tetrazole rings is 1. The molecule has 0 saturated carbocycles. The van der Waals surface area contributed by atoms with Gasteiger partial charge < -0.3 is 5.73 Å². The highest BCUT2D eigenvalue weighted by molar-refractivity contribution is 5.76. The molecule has 1 aliphatic rings. The average molecular weight is 322 g/mol. The van der Waals surface area contributed by atoms with E-state index in [9.17, 15) is 4.79 Å². The van der Waals surface area contributed by atoms with E-state index in [-0.39, 0.29) is 17.9 Å². The summed E-state index contributed by atoms with van der Waals surface area (Å²) in [7, 11) is 0. The molecule has 1 aromatic rings. The van der Waals surface area contributed by atoms with Crippen LogP contribution in [0.3, 0.4) is 0 Å². The Labute approximate surface area is 138 Å². The van der Waals surface area contributed by atoms with Crippen LogP contribution in [0.5, 0.6) is 0 Å². The van der Waals surface area contributed by atoms with E-state index in [2.05, 4.69) is 48.1 Å². The van der Waals surface area contributed by atoms with Gasteiger partial charge in [-0.3, -0.25) is 9.69 Å². The number of likely N-dealkylation sites (tertiary alicyclic amines) is 1. The van der Waals surface area contributed by atoms with E-state index >= 15 is 0 Å². The summed E-state index contributed by atoms with van der Waals surface area (Å²) in [6.07, 6.45) is 2.71. The number of aryl methyl sites for hydroxylation is 1. The Morgan fingerprint density at radius 2 is 1.91 bits per heavy atom. The monoisotopic (exact) mass is 322 g/mol. The summed E-state index contributed by atoms with van der Waals surface area (Å²) in [6, 6.07) is 0.186. The molecule has 1 aromatic heterocycles. The van der Waals surface area contributed by atoms with Crippen molar-refractivity contribution in [3.8, 4) is 0 Å². The molecular formula is C16H30N6O. The molecule has 1 amide bonds. The van der Waals surface area contributed by atoms with Crippen LogP contribution in [0.1, 0.15) is 58.8 Å². The lowest BCUT2D eigenvalue weighted by Gasteiger charge is -2.38. The molecule has 130 valence electrons. The van der Waals surface area contributed by atoms with Gasteiger partial charge in [0.15, 0.2) is 5.82 Å². The zero-order chi connectivity index (χ0) is 17.0. The third kappa shape index (κ3) is 4.50. The Kier molecular flexibility index (Phi) is 6.10. The fourth-order valence-corrected chi connectivity index (χ4v) is 3.31. The van der Waals surface area contributed by atoms with Crippen LogP contribution >= 0.6 is 0 Å². The molecule has 23 heavy (non-hydrogen) atoms. The number of piperidine rings is 1. The summed E-state index contributed by atoms with van der Waals surface area (Å²) in [5.74, 6) is 1.81. The number of hydrogen-bond donors (Lipinski definition) is 1. The molecule has 0 unspecified atom stereocenters. The molecule has 1 saturated heterocycles.